The van der Waals surface area contributed by atoms with Crippen molar-refractivity contribution in [2.24, 2.45) is 0 Å². The average Bonchev–Trinajstić information content (AvgIpc) is 2.82. The maximum Gasteiger partial charge on any atom is 0.251 e. The van der Waals surface area contributed by atoms with Crippen molar-refractivity contribution in [1.29, 1.82) is 0 Å². The summed E-state index contributed by atoms with van der Waals surface area (Å²) < 4.78 is 6.33. The molecule has 0 unspecified atom stereocenters. The van der Waals surface area contributed by atoms with E-state index in [1.807, 2.05) is 17.0 Å². The number of amides is 1. The second-order valence-corrected chi connectivity index (χ2v) is 6.32. The second kappa shape index (κ2) is 6.06. The van der Waals surface area contributed by atoms with Gasteiger partial charge in [0, 0.05) is 17.1 Å². The summed E-state index contributed by atoms with van der Waals surface area (Å²) in [5.74, 6) is 0.977. The van der Waals surface area contributed by atoms with Gasteiger partial charge in [-0.05, 0) is 49.0 Å². The molecule has 2 aliphatic rings. The highest BCUT2D eigenvalue weighted by Gasteiger charge is 2.30. The van der Waals surface area contributed by atoms with Crippen molar-refractivity contribution in [1.82, 2.24) is 4.90 Å². The number of carbonyl (C=O) groups excluding carboxylic acids is 1. The summed E-state index contributed by atoms with van der Waals surface area (Å²) in [5, 5.41) is 0. The Kier molecular flexibility index (Phi) is 4.15. The third-order valence-electron chi connectivity index (χ3n) is 4.02. The van der Waals surface area contributed by atoms with Gasteiger partial charge in [-0.15, -0.1) is 0 Å². The van der Waals surface area contributed by atoms with Gasteiger partial charge in [-0.2, -0.15) is 0 Å². The van der Waals surface area contributed by atoms with Crippen molar-refractivity contribution in [3.63, 3.8) is 0 Å². The number of rotatable bonds is 4. The molecule has 0 N–H and O–H groups in total. The van der Waals surface area contributed by atoms with Gasteiger partial charge in [-0.25, -0.2) is 0 Å². The molecule has 1 aromatic carbocycles. The normalized spacial score (nSPS) is 17.9. The largest absolute Gasteiger partial charge is 0.497 e. The maximum absolute atomic E-state index is 12.2. The van der Waals surface area contributed by atoms with Gasteiger partial charge in [0.15, 0.2) is 0 Å². The first-order valence-corrected chi connectivity index (χ1v) is 8.02. The Hall–Kier alpha value is -1.55. The number of nitrogens with zero attached hydrogens (tertiary/aromatic N) is 1. The molecule has 0 aromatic heterocycles. The van der Waals surface area contributed by atoms with Crippen LogP contribution in [0.4, 0.5) is 0 Å². The minimum absolute atomic E-state index is 0.118. The van der Waals surface area contributed by atoms with Crippen molar-refractivity contribution in [3.05, 3.63) is 51.7 Å². The number of fused-ring (bicyclic) bond motifs is 1. The molecule has 0 saturated carbocycles. The molecule has 0 spiro atoms. The molecule has 1 aromatic rings. The van der Waals surface area contributed by atoms with Crippen molar-refractivity contribution in [3.8, 4) is 5.75 Å². The number of hydrogen-bond donors (Lipinski definition) is 0. The molecule has 3 nitrogen and oxygen atoms in total. The molecule has 1 aliphatic carbocycles. The van der Waals surface area contributed by atoms with Gasteiger partial charge in [0.25, 0.3) is 5.91 Å². The van der Waals surface area contributed by atoms with E-state index in [9.17, 15) is 4.79 Å². The molecule has 110 valence electrons. The molecule has 0 radical (unpaired) electrons. The minimum Gasteiger partial charge on any atom is -0.497 e. The van der Waals surface area contributed by atoms with Crippen molar-refractivity contribution in [2.45, 2.75) is 25.7 Å². The number of hydrogen-bond acceptors (Lipinski definition) is 2. The lowest BCUT2D eigenvalue weighted by atomic mass is 9.99. The van der Waals surface area contributed by atoms with Crippen LogP contribution in [-0.2, 0) is 11.2 Å². The smallest absolute Gasteiger partial charge is 0.251 e. The van der Waals surface area contributed by atoms with Crippen LogP contribution >= 0.6 is 15.9 Å². The zero-order valence-corrected chi connectivity index (χ0v) is 13.6. The quantitative estimate of drug-likeness (QED) is 0.828. The number of ether oxygens (including phenoxy) is 1. The standard InChI is InChI=1S/C17H18BrNO2/c1-21-14-7-5-12(6-8-14)9-10-19-16(20)11-13-3-2-4-15(18)17(13)19/h5-8,11H,2-4,9-10H2,1H3. The highest BCUT2D eigenvalue weighted by Crippen LogP contribution is 2.38. The monoisotopic (exact) mass is 347 g/mol. The number of allylic oxidation sites excluding steroid dienone is 2. The van der Waals surface area contributed by atoms with Crippen LogP contribution in [-0.4, -0.2) is 24.5 Å². The van der Waals surface area contributed by atoms with E-state index in [1.165, 1.54) is 15.6 Å². The fraction of sp³-hybridized carbons (Fsp3) is 0.353. The Balaban J connectivity index is 1.71. The summed E-state index contributed by atoms with van der Waals surface area (Å²) in [6.07, 6.45) is 5.80. The third kappa shape index (κ3) is 2.91. The summed E-state index contributed by atoms with van der Waals surface area (Å²) in [4.78, 5) is 14.1. The van der Waals surface area contributed by atoms with E-state index in [-0.39, 0.29) is 5.91 Å². The van der Waals surface area contributed by atoms with Gasteiger partial charge < -0.3 is 9.64 Å². The molecule has 4 heteroatoms. The third-order valence-corrected chi connectivity index (χ3v) is 4.79. The predicted octanol–water partition coefficient (Wildman–Crippen LogP) is 3.80. The van der Waals surface area contributed by atoms with Crippen LogP contribution < -0.4 is 4.74 Å². The highest BCUT2D eigenvalue weighted by atomic mass is 79.9. The lowest BCUT2D eigenvalue weighted by Crippen LogP contribution is -2.28. The maximum atomic E-state index is 12.2. The van der Waals surface area contributed by atoms with Crippen LogP contribution in [0.1, 0.15) is 24.8 Å². The van der Waals surface area contributed by atoms with E-state index in [0.717, 1.165) is 43.7 Å². The molecular weight excluding hydrogens is 330 g/mol. The summed E-state index contributed by atoms with van der Waals surface area (Å²) in [6.45, 7) is 0.718. The van der Waals surface area contributed by atoms with Gasteiger partial charge in [0.2, 0.25) is 0 Å². The minimum atomic E-state index is 0.118. The summed E-state index contributed by atoms with van der Waals surface area (Å²) in [6, 6.07) is 8.03. The SMILES string of the molecule is COc1ccc(CCN2C(=O)C=C3CCCC(Br)=C32)cc1. The van der Waals surface area contributed by atoms with Gasteiger partial charge in [0.05, 0.1) is 12.8 Å². The number of benzene rings is 1. The van der Waals surface area contributed by atoms with E-state index in [1.54, 1.807) is 13.2 Å². The summed E-state index contributed by atoms with van der Waals surface area (Å²) in [5.41, 5.74) is 3.51. The van der Waals surface area contributed by atoms with E-state index >= 15 is 0 Å². The Morgan fingerprint density at radius 3 is 2.71 bits per heavy atom. The van der Waals surface area contributed by atoms with E-state index < -0.39 is 0 Å². The fourth-order valence-corrected chi connectivity index (χ4v) is 3.65. The van der Waals surface area contributed by atoms with Gasteiger partial charge in [-0.1, -0.05) is 28.1 Å². The van der Waals surface area contributed by atoms with Crippen LogP contribution in [0.25, 0.3) is 0 Å². The number of methoxy groups -OCH3 is 1. The van der Waals surface area contributed by atoms with Gasteiger partial charge >= 0.3 is 0 Å². The lowest BCUT2D eigenvalue weighted by Gasteiger charge is -2.24. The van der Waals surface area contributed by atoms with Crippen LogP contribution in [0, 0.1) is 0 Å². The molecule has 1 amide bonds. The Bertz CT molecular complexity index is 616. The Morgan fingerprint density at radius 2 is 2.00 bits per heavy atom. The van der Waals surface area contributed by atoms with Gasteiger partial charge in [-0.3, -0.25) is 4.79 Å². The first-order valence-electron chi connectivity index (χ1n) is 7.23. The Labute approximate surface area is 133 Å². The van der Waals surface area contributed by atoms with Gasteiger partial charge in [0.1, 0.15) is 5.75 Å². The molecular formula is C17H18BrNO2. The molecule has 0 bridgehead atoms. The van der Waals surface area contributed by atoms with E-state index in [0.29, 0.717) is 0 Å². The first kappa shape index (κ1) is 14.4. The zero-order valence-electron chi connectivity index (χ0n) is 12.1. The molecule has 1 aliphatic heterocycles. The topological polar surface area (TPSA) is 29.5 Å². The van der Waals surface area contributed by atoms with Crippen LogP contribution in [0.3, 0.4) is 0 Å². The summed E-state index contributed by atoms with van der Waals surface area (Å²) in [7, 11) is 1.66. The summed E-state index contributed by atoms with van der Waals surface area (Å²) >= 11 is 3.64. The van der Waals surface area contributed by atoms with Crippen LogP contribution in [0.2, 0.25) is 0 Å². The number of carbonyl (C=O) groups is 1. The van der Waals surface area contributed by atoms with E-state index in [2.05, 4.69) is 28.1 Å². The second-order valence-electron chi connectivity index (χ2n) is 5.36. The molecule has 0 saturated heterocycles. The zero-order chi connectivity index (χ0) is 14.8. The van der Waals surface area contributed by atoms with Crippen molar-refractivity contribution in [2.75, 3.05) is 13.7 Å². The van der Waals surface area contributed by atoms with Crippen molar-refractivity contribution < 1.29 is 9.53 Å². The highest BCUT2D eigenvalue weighted by molar-refractivity contribution is 9.11. The molecule has 0 fully saturated rings. The molecule has 3 rings (SSSR count). The fourth-order valence-electron chi connectivity index (χ4n) is 2.90. The first-order chi connectivity index (χ1) is 10.2. The van der Waals surface area contributed by atoms with Crippen LogP contribution in [0.15, 0.2) is 46.1 Å². The van der Waals surface area contributed by atoms with Crippen molar-refractivity contribution >= 4 is 21.8 Å². The van der Waals surface area contributed by atoms with E-state index in [4.69, 9.17) is 4.74 Å². The molecule has 0 atom stereocenters. The predicted molar refractivity (Wildman–Crippen MR) is 86.3 cm³/mol. The van der Waals surface area contributed by atoms with Crippen LogP contribution in [0.5, 0.6) is 5.75 Å². The lowest BCUT2D eigenvalue weighted by molar-refractivity contribution is -0.123. The average molecular weight is 348 g/mol. The Morgan fingerprint density at radius 1 is 1.24 bits per heavy atom. The molecule has 21 heavy (non-hydrogen) atoms. The number of halogens is 1. The molecule has 1 heterocycles.